The van der Waals surface area contributed by atoms with Crippen molar-refractivity contribution in [1.29, 1.82) is 0 Å². The van der Waals surface area contributed by atoms with Gasteiger partial charge in [0.1, 0.15) is 16.5 Å². The molecule has 2 aromatic heterocycles. The Hall–Kier alpha value is -1.20. The van der Waals surface area contributed by atoms with E-state index >= 15 is 0 Å². The molecule has 4 nitrogen and oxygen atoms in total. The van der Waals surface area contributed by atoms with E-state index in [1.54, 1.807) is 11.3 Å². The number of nitrogens with one attached hydrogen (secondary N) is 1. The van der Waals surface area contributed by atoms with Crippen molar-refractivity contribution in [3.63, 3.8) is 0 Å². The first kappa shape index (κ1) is 14.2. The lowest BCUT2D eigenvalue weighted by Crippen LogP contribution is -2.20. The zero-order valence-corrected chi connectivity index (χ0v) is 12.7. The van der Waals surface area contributed by atoms with Crippen molar-refractivity contribution in [1.82, 2.24) is 9.97 Å². The van der Waals surface area contributed by atoms with Gasteiger partial charge in [0.25, 0.3) is 0 Å². The largest absolute Gasteiger partial charge is 0.394 e. The van der Waals surface area contributed by atoms with E-state index in [0.717, 1.165) is 28.3 Å². The molecule has 19 heavy (non-hydrogen) atoms. The van der Waals surface area contributed by atoms with E-state index in [2.05, 4.69) is 34.5 Å². The molecule has 2 aromatic rings. The van der Waals surface area contributed by atoms with Crippen LogP contribution < -0.4 is 5.32 Å². The number of aryl methyl sites for hydroxylation is 1. The molecule has 0 aliphatic carbocycles. The monoisotopic (exact) mass is 279 g/mol. The van der Waals surface area contributed by atoms with Gasteiger partial charge < -0.3 is 10.4 Å². The predicted octanol–water partition coefficient (Wildman–Crippen LogP) is 2.99. The highest BCUT2D eigenvalue weighted by Crippen LogP contribution is 2.31. The second-order valence-electron chi connectivity index (χ2n) is 5.39. The van der Waals surface area contributed by atoms with Crippen LogP contribution in [-0.2, 0) is 6.42 Å². The summed E-state index contributed by atoms with van der Waals surface area (Å²) in [5, 5.41) is 15.8. The van der Waals surface area contributed by atoms with Crippen molar-refractivity contribution in [3.05, 3.63) is 16.8 Å². The van der Waals surface area contributed by atoms with Gasteiger partial charge >= 0.3 is 0 Å². The average Bonchev–Trinajstić information content (AvgIpc) is 2.71. The molecule has 2 heterocycles. The van der Waals surface area contributed by atoms with Gasteiger partial charge in [-0.1, -0.05) is 13.8 Å². The summed E-state index contributed by atoms with van der Waals surface area (Å²) in [7, 11) is 0. The van der Waals surface area contributed by atoms with E-state index in [1.165, 1.54) is 5.56 Å². The lowest BCUT2D eigenvalue weighted by Gasteiger charge is -2.14. The Morgan fingerprint density at radius 1 is 1.32 bits per heavy atom. The molecule has 0 fully saturated rings. The topological polar surface area (TPSA) is 58.0 Å². The Balaban J connectivity index is 2.49. The first-order chi connectivity index (χ1) is 9.01. The highest BCUT2D eigenvalue weighted by atomic mass is 32.1. The SMILES string of the molecule is Cc1nc(NC(C)CO)c2c(CC(C)C)csc2n1. The van der Waals surface area contributed by atoms with E-state index in [1.807, 2.05) is 13.8 Å². The maximum Gasteiger partial charge on any atom is 0.139 e. The third-order valence-electron chi connectivity index (χ3n) is 2.91. The number of aromatic nitrogens is 2. The van der Waals surface area contributed by atoms with E-state index in [-0.39, 0.29) is 12.6 Å². The summed E-state index contributed by atoms with van der Waals surface area (Å²) in [5.74, 6) is 2.21. The van der Waals surface area contributed by atoms with Crippen LogP contribution in [0.4, 0.5) is 5.82 Å². The van der Waals surface area contributed by atoms with Crippen molar-refractivity contribution < 1.29 is 5.11 Å². The standard InChI is InChI=1S/C14H21N3OS/c1-8(2)5-11-7-19-14-12(11)13(15-9(3)6-18)16-10(4)17-14/h7-9,18H,5-6H2,1-4H3,(H,15,16,17). The summed E-state index contributed by atoms with van der Waals surface area (Å²) in [5.41, 5.74) is 1.29. The molecule has 0 amide bonds. The average molecular weight is 279 g/mol. The van der Waals surface area contributed by atoms with Crippen molar-refractivity contribution in [2.45, 2.75) is 40.2 Å². The van der Waals surface area contributed by atoms with Crippen molar-refractivity contribution in [2.24, 2.45) is 5.92 Å². The number of aliphatic hydroxyl groups excluding tert-OH is 1. The third kappa shape index (κ3) is 3.22. The molecule has 104 valence electrons. The summed E-state index contributed by atoms with van der Waals surface area (Å²) >= 11 is 1.67. The molecular formula is C14H21N3OS. The molecule has 0 aromatic carbocycles. The molecule has 0 spiro atoms. The van der Waals surface area contributed by atoms with Crippen molar-refractivity contribution in [2.75, 3.05) is 11.9 Å². The Kier molecular flexibility index (Phi) is 4.37. The normalized spacial score (nSPS) is 13.2. The van der Waals surface area contributed by atoms with Gasteiger partial charge in [0.2, 0.25) is 0 Å². The Morgan fingerprint density at radius 2 is 2.05 bits per heavy atom. The third-order valence-corrected chi connectivity index (χ3v) is 3.83. The first-order valence-corrected chi connectivity index (χ1v) is 7.51. The summed E-state index contributed by atoms with van der Waals surface area (Å²) in [6.45, 7) is 8.35. The van der Waals surface area contributed by atoms with Gasteiger partial charge in [-0.05, 0) is 37.1 Å². The van der Waals surface area contributed by atoms with Crippen molar-refractivity contribution in [3.8, 4) is 0 Å². The fourth-order valence-corrected chi connectivity index (χ4v) is 3.08. The number of anilines is 1. The summed E-state index contributed by atoms with van der Waals surface area (Å²) < 4.78 is 0. The predicted molar refractivity (Wildman–Crippen MR) is 80.9 cm³/mol. The number of nitrogens with zero attached hydrogens (tertiary/aromatic N) is 2. The van der Waals surface area contributed by atoms with E-state index < -0.39 is 0 Å². The second-order valence-corrected chi connectivity index (χ2v) is 6.24. The Bertz CT molecular complexity index is 565. The second kappa shape index (κ2) is 5.84. The number of thiophene rings is 1. The Labute approximate surface area is 117 Å². The van der Waals surface area contributed by atoms with Gasteiger partial charge in [0, 0.05) is 6.04 Å². The minimum atomic E-state index is -0.00991. The molecule has 0 bridgehead atoms. The molecule has 2 N–H and O–H groups in total. The molecular weight excluding hydrogens is 258 g/mol. The van der Waals surface area contributed by atoms with Crippen LogP contribution in [0.2, 0.25) is 0 Å². The van der Waals surface area contributed by atoms with Crippen LogP contribution in [0.5, 0.6) is 0 Å². The minimum Gasteiger partial charge on any atom is -0.394 e. The van der Waals surface area contributed by atoms with Gasteiger partial charge in [0.15, 0.2) is 0 Å². The van der Waals surface area contributed by atoms with E-state index in [4.69, 9.17) is 0 Å². The number of hydrogen-bond acceptors (Lipinski definition) is 5. The molecule has 5 heteroatoms. The van der Waals surface area contributed by atoms with Gasteiger partial charge in [0.05, 0.1) is 12.0 Å². The van der Waals surface area contributed by atoms with Gasteiger partial charge in [-0.3, -0.25) is 0 Å². The maximum atomic E-state index is 9.20. The summed E-state index contributed by atoms with van der Waals surface area (Å²) in [6.07, 6.45) is 1.02. The zero-order valence-electron chi connectivity index (χ0n) is 11.9. The molecule has 2 rings (SSSR count). The van der Waals surface area contributed by atoms with Crippen LogP contribution in [0.1, 0.15) is 32.2 Å². The minimum absolute atomic E-state index is 0.00991. The lowest BCUT2D eigenvalue weighted by molar-refractivity contribution is 0.281. The van der Waals surface area contributed by atoms with Crippen LogP contribution in [0, 0.1) is 12.8 Å². The number of fused-ring (bicyclic) bond motifs is 1. The number of aliphatic hydroxyl groups is 1. The van der Waals surface area contributed by atoms with Crippen LogP contribution in [-0.4, -0.2) is 27.7 Å². The van der Waals surface area contributed by atoms with Crippen LogP contribution >= 0.6 is 11.3 Å². The van der Waals surface area contributed by atoms with Gasteiger partial charge in [-0.2, -0.15) is 0 Å². The van der Waals surface area contributed by atoms with Crippen LogP contribution in [0.15, 0.2) is 5.38 Å². The van der Waals surface area contributed by atoms with E-state index in [0.29, 0.717) is 5.92 Å². The number of rotatable bonds is 5. The molecule has 0 saturated carbocycles. The smallest absolute Gasteiger partial charge is 0.139 e. The molecule has 1 atom stereocenters. The summed E-state index contributed by atoms with van der Waals surface area (Å²) in [6, 6.07) is -0.00991. The fourth-order valence-electron chi connectivity index (χ4n) is 2.08. The Morgan fingerprint density at radius 3 is 2.68 bits per heavy atom. The summed E-state index contributed by atoms with van der Waals surface area (Å²) in [4.78, 5) is 10.0. The number of hydrogen-bond donors (Lipinski definition) is 2. The van der Waals surface area contributed by atoms with Crippen LogP contribution in [0.25, 0.3) is 10.2 Å². The molecule has 0 aliphatic rings. The van der Waals surface area contributed by atoms with Gasteiger partial charge in [-0.25, -0.2) is 9.97 Å². The molecule has 0 aliphatic heterocycles. The van der Waals surface area contributed by atoms with E-state index in [9.17, 15) is 5.11 Å². The first-order valence-electron chi connectivity index (χ1n) is 6.63. The molecule has 0 saturated heterocycles. The quantitative estimate of drug-likeness (QED) is 0.883. The van der Waals surface area contributed by atoms with Crippen molar-refractivity contribution >= 4 is 27.4 Å². The highest BCUT2D eigenvalue weighted by Gasteiger charge is 2.15. The zero-order chi connectivity index (χ0) is 14.0. The fraction of sp³-hybridized carbons (Fsp3) is 0.571. The lowest BCUT2D eigenvalue weighted by atomic mass is 10.0. The molecule has 1 unspecified atom stereocenters. The maximum absolute atomic E-state index is 9.20. The van der Waals surface area contributed by atoms with Gasteiger partial charge in [-0.15, -0.1) is 11.3 Å². The van der Waals surface area contributed by atoms with Crippen LogP contribution in [0.3, 0.4) is 0 Å². The highest BCUT2D eigenvalue weighted by molar-refractivity contribution is 7.17. The molecule has 0 radical (unpaired) electrons.